The first-order valence-corrected chi connectivity index (χ1v) is 13.6. The second kappa shape index (κ2) is 9.76. The van der Waals surface area contributed by atoms with Gasteiger partial charge in [-0.2, -0.15) is 0 Å². The third kappa shape index (κ3) is 9.45. The number of hydrogen-bond acceptors (Lipinski definition) is 1. The molecular formula is C13H30BrOSi2. The van der Waals surface area contributed by atoms with E-state index in [1.54, 1.807) is 0 Å². The normalized spacial score (nSPS) is 12.7. The molecule has 103 valence electrons. The number of rotatable bonds is 9. The Hall–Kier alpha value is 0.874. The summed E-state index contributed by atoms with van der Waals surface area (Å²) in [5, 5.41) is 1.57. The monoisotopic (exact) mass is 337 g/mol. The number of alkyl halides is 1. The van der Waals surface area contributed by atoms with Gasteiger partial charge in [0.15, 0.2) is 8.56 Å². The highest BCUT2D eigenvalue weighted by Crippen LogP contribution is 2.29. The van der Waals surface area contributed by atoms with Crippen LogP contribution in [0.1, 0.15) is 52.9 Å². The van der Waals surface area contributed by atoms with Crippen LogP contribution >= 0.6 is 15.9 Å². The Balaban J connectivity index is 3.63. The van der Waals surface area contributed by atoms with E-state index < -0.39 is 16.9 Å². The minimum atomic E-state index is -0.607. The third-order valence-electron chi connectivity index (χ3n) is 2.80. The summed E-state index contributed by atoms with van der Waals surface area (Å²) in [6.45, 7) is 12.9. The summed E-state index contributed by atoms with van der Waals surface area (Å²) < 4.78 is 6.23. The number of halogens is 1. The van der Waals surface area contributed by atoms with Crippen LogP contribution in [0.4, 0.5) is 0 Å². The Morgan fingerprint density at radius 2 is 1.53 bits per heavy atom. The third-order valence-corrected chi connectivity index (χ3v) is 12.6. The Labute approximate surface area is 120 Å². The molecule has 0 spiro atoms. The predicted molar refractivity (Wildman–Crippen MR) is 87.2 cm³/mol. The molecule has 0 rings (SSSR count). The lowest BCUT2D eigenvalue weighted by molar-refractivity contribution is 0.300. The fourth-order valence-electron chi connectivity index (χ4n) is 2.16. The van der Waals surface area contributed by atoms with Crippen molar-refractivity contribution in [2.75, 3.05) is 11.9 Å². The van der Waals surface area contributed by atoms with Crippen molar-refractivity contribution in [3.05, 3.63) is 0 Å². The number of hydrogen-bond donors (Lipinski definition) is 0. The Kier molecular flexibility index (Phi) is 10.3. The Morgan fingerprint density at radius 1 is 1.00 bits per heavy atom. The minimum Gasteiger partial charge on any atom is -0.420 e. The zero-order valence-corrected chi connectivity index (χ0v) is 16.1. The molecule has 0 saturated heterocycles. The molecule has 0 aliphatic rings. The van der Waals surface area contributed by atoms with Gasteiger partial charge in [0.1, 0.15) is 0 Å². The highest BCUT2D eigenvalue weighted by atomic mass is 79.9. The van der Waals surface area contributed by atoms with Gasteiger partial charge in [-0.1, -0.05) is 69.1 Å². The van der Waals surface area contributed by atoms with Crippen LogP contribution in [-0.2, 0) is 4.43 Å². The Morgan fingerprint density at radius 3 is 2.00 bits per heavy atom. The van der Waals surface area contributed by atoms with Gasteiger partial charge in [0.2, 0.25) is 0 Å². The molecule has 17 heavy (non-hydrogen) atoms. The van der Waals surface area contributed by atoms with Gasteiger partial charge >= 0.3 is 0 Å². The molecule has 0 fully saturated rings. The summed E-state index contributed by atoms with van der Waals surface area (Å²) in [7, 11) is -1.15. The summed E-state index contributed by atoms with van der Waals surface area (Å²) in [6.07, 6.45) is 6.64. The summed E-state index contributed by atoms with van der Waals surface area (Å²) >= 11 is 3.47. The van der Waals surface area contributed by atoms with E-state index in [-0.39, 0.29) is 0 Å². The maximum absolute atomic E-state index is 6.23. The highest BCUT2D eigenvalue weighted by Gasteiger charge is 2.32. The molecule has 0 heterocycles. The summed E-state index contributed by atoms with van der Waals surface area (Å²) in [5.74, 6) is 0. The van der Waals surface area contributed by atoms with Crippen molar-refractivity contribution in [1.82, 2.24) is 0 Å². The molecule has 0 saturated carbocycles. The molecule has 4 heteroatoms. The molecule has 0 amide bonds. The van der Waals surface area contributed by atoms with Crippen molar-refractivity contribution in [3.63, 3.8) is 0 Å². The van der Waals surface area contributed by atoms with Crippen LogP contribution in [0, 0.1) is 0 Å². The first-order valence-electron chi connectivity index (χ1n) is 6.95. The lowest BCUT2D eigenvalue weighted by Gasteiger charge is -2.30. The molecule has 1 nitrogen and oxygen atoms in total. The average Bonchev–Trinajstić information content (AvgIpc) is 2.19. The molecule has 0 aromatic heterocycles. The minimum absolute atomic E-state index is 0.418. The van der Waals surface area contributed by atoms with E-state index in [0.717, 1.165) is 11.9 Å². The van der Waals surface area contributed by atoms with Crippen LogP contribution < -0.4 is 0 Å². The van der Waals surface area contributed by atoms with Gasteiger partial charge in [0.25, 0.3) is 0 Å². The van der Waals surface area contributed by atoms with Crippen molar-refractivity contribution in [2.45, 2.75) is 71.0 Å². The summed E-state index contributed by atoms with van der Waals surface area (Å²) in [5.41, 5.74) is 0. The van der Waals surface area contributed by atoms with Gasteiger partial charge in [0, 0.05) is 11.9 Å². The van der Waals surface area contributed by atoms with E-state index in [0.29, 0.717) is 5.04 Å². The second-order valence-corrected chi connectivity index (χ2v) is 16.7. The van der Waals surface area contributed by atoms with E-state index in [1.165, 1.54) is 32.1 Å². The second-order valence-electron chi connectivity index (χ2n) is 6.07. The lowest BCUT2D eigenvalue weighted by atomic mass is 10.2. The maximum atomic E-state index is 6.23. The van der Waals surface area contributed by atoms with Crippen LogP contribution in [0.3, 0.4) is 0 Å². The van der Waals surface area contributed by atoms with Crippen molar-refractivity contribution in [2.24, 2.45) is 0 Å². The van der Waals surface area contributed by atoms with Crippen LogP contribution in [0.5, 0.6) is 0 Å². The SMILES string of the molecule is C[SiH](C)[Si](OCCCCCCCBr)C(C)(C)C. The van der Waals surface area contributed by atoms with E-state index >= 15 is 0 Å². The lowest BCUT2D eigenvalue weighted by Crippen LogP contribution is -2.41. The molecule has 0 unspecified atom stereocenters. The van der Waals surface area contributed by atoms with Crippen molar-refractivity contribution in [1.29, 1.82) is 0 Å². The number of unbranched alkanes of at least 4 members (excludes halogenated alkanes) is 4. The topological polar surface area (TPSA) is 9.23 Å². The summed E-state index contributed by atoms with van der Waals surface area (Å²) in [6, 6.07) is 0. The van der Waals surface area contributed by atoms with Crippen molar-refractivity contribution < 1.29 is 4.43 Å². The van der Waals surface area contributed by atoms with E-state index in [1.807, 2.05) is 0 Å². The zero-order chi connectivity index (χ0) is 13.3. The molecule has 0 aromatic rings. The standard InChI is InChI=1S/C13H30BrOSi2/c1-13(2,3)17(16(4)5)15-12-10-8-6-7-9-11-14/h16H,6-12H2,1-5H3. The molecule has 0 aromatic carbocycles. The molecule has 0 bridgehead atoms. The van der Waals surface area contributed by atoms with Gasteiger partial charge in [0.05, 0.1) is 8.31 Å². The van der Waals surface area contributed by atoms with E-state index in [9.17, 15) is 0 Å². The quantitative estimate of drug-likeness (QED) is 0.336. The average molecular weight is 338 g/mol. The maximum Gasteiger partial charge on any atom is 0.198 e. The molecule has 0 aliphatic carbocycles. The fourth-order valence-corrected chi connectivity index (χ4v) is 12.0. The Bertz CT molecular complexity index is 181. The van der Waals surface area contributed by atoms with Gasteiger partial charge in [-0.05, 0) is 17.9 Å². The highest BCUT2D eigenvalue weighted by molar-refractivity contribution is 9.09. The largest absolute Gasteiger partial charge is 0.420 e. The predicted octanol–water partition coefficient (Wildman–Crippen LogP) is 4.71. The van der Waals surface area contributed by atoms with Gasteiger partial charge in [-0.15, -0.1) is 0 Å². The van der Waals surface area contributed by atoms with E-state index in [4.69, 9.17) is 4.43 Å². The van der Waals surface area contributed by atoms with Crippen molar-refractivity contribution in [3.8, 4) is 0 Å². The van der Waals surface area contributed by atoms with E-state index in [2.05, 4.69) is 49.8 Å². The van der Waals surface area contributed by atoms with Crippen molar-refractivity contribution >= 4 is 32.8 Å². The van der Waals surface area contributed by atoms with Crippen LogP contribution in [0.15, 0.2) is 0 Å². The van der Waals surface area contributed by atoms with Gasteiger partial charge in [-0.25, -0.2) is 0 Å². The molecular weight excluding hydrogens is 308 g/mol. The zero-order valence-electron chi connectivity index (χ0n) is 12.3. The molecule has 1 radical (unpaired) electrons. The van der Waals surface area contributed by atoms with Gasteiger partial charge < -0.3 is 4.43 Å². The summed E-state index contributed by atoms with van der Waals surface area (Å²) in [4.78, 5) is 0. The molecule has 0 N–H and O–H groups in total. The van der Waals surface area contributed by atoms with Crippen LogP contribution in [0.25, 0.3) is 0 Å². The molecule has 0 aliphatic heterocycles. The van der Waals surface area contributed by atoms with Crippen LogP contribution in [-0.4, -0.2) is 28.8 Å². The first-order chi connectivity index (χ1) is 7.89. The fraction of sp³-hybridized carbons (Fsp3) is 1.00. The van der Waals surface area contributed by atoms with Crippen LogP contribution in [0.2, 0.25) is 18.1 Å². The smallest absolute Gasteiger partial charge is 0.198 e. The molecule has 0 atom stereocenters. The first kappa shape index (κ1) is 17.9. The van der Waals surface area contributed by atoms with Gasteiger partial charge in [-0.3, -0.25) is 0 Å².